The highest BCUT2D eigenvalue weighted by molar-refractivity contribution is 7.88. The Morgan fingerprint density at radius 1 is 1.25 bits per heavy atom. The molecule has 0 aliphatic carbocycles. The normalized spacial score (nSPS) is 13.1. The second-order valence-corrected chi connectivity index (χ2v) is 8.31. The minimum atomic E-state index is -3.53. The Hall–Kier alpha value is -1.81. The van der Waals surface area contributed by atoms with Crippen molar-refractivity contribution in [2.75, 3.05) is 20.6 Å². The molecule has 0 saturated heterocycles. The lowest BCUT2D eigenvalue weighted by atomic mass is 10.2. The first-order valence-electron chi connectivity index (χ1n) is 7.19. The zero-order chi connectivity index (χ0) is 17.7. The van der Waals surface area contributed by atoms with E-state index >= 15 is 0 Å². The van der Waals surface area contributed by atoms with Crippen molar-refractivity contribution in [1.29, 1.82) is 0 Å². The quantitative estimate of drug-likeness (QED) is 0.570. The van der Waals surface area contributed by atoms with E-state index in [4.69, 9.17) is 0 Å². The number of rotatable bonds is 8. The number of thiophene rings is 1. The maximum Gasteiger partial charge on any atom is 0.269 e. The molecule has 1 atom stereocenters. The highest BCUT2D eigenvalue weighted by atomic mass is 32.2. The predicted octanol–water partition coefficient (Wildman–Crippen LogP) is 2.38. The molecule has 0 bridgehead atoms. The van der Waals surface area contributed by atoms with Gasteiger partial charge in [-0.15, -0.1) is 11.3 Å². The lowest BCUT2D eigenvalue weighted by Gasteiger charge is -2.23. The van der Waals surface area contributed by atoms with E-state index in [0.717, 1.165) is 4.88 Å². The van der Waals surface area contributed by atoms with Crippen molar-refractivity contribution in [3.8, 4) is 0 Å². The topological polar surface area (TPSA) is 92.6 Å². The fourth-order valence-corrected chi connectivity index (χ4v) is 4.28. The predicted molar refractivity (Wildman–Crippen MR) is 94.5 cm³/mol. The monoisotopic (exact) mass is 369 g/mol. The van der Waals surface area contributed by atoms with Crippen LogP contribution in [0.25, 0.3) is 0 Å². The summed E-state index contributed by atoms with van der Waals surface area (Å²) in [7, 11) is 0.266. The fraction of sp³-hybridized carbons (Fsp3) is 0.333. The third-order valence-electron chi connectivity index (χ3n) is 3.50. The van der Waals surface area contributed by atoms with Crippen LogP contribution in [0.5, 0.6) is 0 Å². The largest absolute Gasteiger partial charge is 0.300 e. The third kappa shape index (κ3) is 5.10. The van der Waals surface area contributed by atoms with Gasteiger partial charge in [-0.2, -0.15) is 0 Å². The molecule has 24 heavy (non-hydrogen) atoms. The first-order valence-corrected chi connectivity index (χ1v) is 9.72. The molecule has 1 N–H and O–H groups in total. The SMILES string of the molecule is CN(C)C(CNS(=O)(=O)Cc1ccc([N+](=O)[O-])cc1)c1cccs1. The number of benzene rings is 1. The van der Waals surface area contributed by atoms with Gasteiger partial charge < -0.3 is 4.90 Å². The minimum absolute atomic E-state index is 0.0448. The molecule has 7 nitrogen and oxygen atoms in total. The second-order valence-electron chi connectivity index (χ2n) is 5.53. The zero-order valence-corrected chi connectivity index (χ0v) is 15.0. The lowest BCUT2D eigenvalue weighted by Crippen LogP contribution is -2.34. The number of nitro groups is 1. The van der Waals surface area contributed by atoms with Crippen LogP contribution in [0.2, 0.25) is 0 Å². The van der Waals surface area contributed by atoms with Gasteiger partial charge in [-0.25, -0.2) is 13.1 Å². The molecule has 2 rings (SSSR count). The summed E-state index contributed by atoms with van der Waals surface area (Å²) in [4.78, 5) is 13.1. The maximum absolute atomic E-state index is 12.3. The van der Waals surface area contributed by atoms with Crippen LogP contribution in [0.1, 0.15) is 16.5 Å². The molecule has 1 unspecified atom stereocenters. The molecule has 2 aromatic rings. The Labute approximate surface area is 145 Å². The van der Waals surface area contributed by atoms with Crippen molar-refractivity contribution in [3.63, 3.8) is 0 Å². The van der Waals surface area contributed by atoms with Gasteiger partial charge in [0, 0.05) is 23.6 Å². The number of hydrogen-bond acceptors (Lipinski definition) is 6. The smallest absolute Gasteiger partial charge is 0.269 e. The van der Waals surface area contributed by atoms with Crippen molar-refractivity contribution >= 4 is 27.0 Å². The van der Waals surface area contributed by atoms with Gasteiger partial charge in [-0.1, -0.05) is 18.2 Å². The first-order chi connectivity index (χ1) is 11.3. The maximum atomic E-state index is 12.3. The number of sulfonamides is 1. The first kappa shape index (κ1) is 18.5. The summed E-state index contributed by atoms with van der Waals surface area (Å²) < 4.78 is 27.1. The van der Waals surface area contributed by atoms with E-state index in [-0.39, 0.29) is 24.0 Å². The molecule has 1 aromatic carbocycles. The number of non-ortho nitro benzene ring substituents is 1. The average Bonchev–Trinajstić information content (AvgIpc) is 3.01. The number of hydrogen-bond donors (Lipinski definition) is 1. The van der Waals surface area contributed by atoms with Gasteiger partial charge in [0.1, 0.15) is 0 Å². The zero-order valence-electron chi connectivity index (χ0n) is 13.4. The summed E-state index contributed by atoms with van der Waals surface area (Å²) >= 11 is 1.58. The second kappa shape index (κ2) is 7.84. The number of likely N-dealkylation sites (N-methyl/N-ethyl adjacent to an activating group) is 1. The Morgan fingerprint density at radius 2 is 1.92 bits per heavy atom. The summed E-state index contributed by atoms with van der Waals surface area (Å²) in [6.07, 6.45) is 0. The van der Waals surface area contributed by atoms with Crippen LogP contribution in [0.4, 0.5) is 5.69 Å². The van der Waals surface area contributed by atoms with Crippen molar-refractivity contribution in [2.45, 2.75) is 11.8 Å². The summed E-state index contributed by atoms with van der Waals surface area (Å²) in [5.74, 6) is -0.213. The van der Waals surface area contributed by atoms with Gasteiger partial charge >= 0.3 is 0 Å². The molecule has 0 saturated carbocycles. The van der Waals surface area contributed by atoms with Crippen LogP contribution < -0.4 is 4.72 Å². The van der Waals surface area contributed by atoms with Crippen LogP contribution in [-0.2, 0) is 15.8 Å². The van der Waals surface area contributed by atoms with Crippen molar-refractivity contribution in [3.05, 3.63) is 62.3 Å². The number of nitro benzene ring substituents is 1. The lowest BCUT2D eigenvalue weighted by molar-refractivity contribution is -0.384. The van der Waals surface area contributed by atoms with Crippen LogP contribution in [-0.4, -0.2) is 38.9 Å². The Morgan fingerprint density at radius 3 is 2.42 bits per heavy atom. The van der Waals surface area contributed by atoms with Gasteiger partial charge in [0.15, 0.2) is 0 Å². The summed E-state index contributed by atoms with van der Waals surface area (Å²) in [5.41, 5.74) is 0.445. The molecule has 0 fully saturated rings. The van der Waals surface area contributed by atoms with Crippen LogP contribution in [0.3, 0.4) is 0 Å². The van der Waals surface area contributed by atoms with Crippen molar-refractivity contribution in [2.24, 2.45) is 0 Å². The molecule has 1 heterocycles. The van der Waals surface area contributed by atoms with Crippen LogP contribution in [0, 0.1) is 10.1 Å². The fourth-order valence-electron chi connectivity index (χ4n) is 2.21. The summed E-state index contributed by atoms with van der Waals surface area (Å²) in [5, 5.41) is 12.6. The molecule has 0 aliphatic heterocycles. The van der Waals surface area contributed by atoms with E-state index in [1.165, 1.54) is 24.3 Å². The van der Waals surface area contributed by atoms with Gasteiger partial charge in [0.05, 0.1) is 16.7 Å². The molecule has 0 aliphatic rings. The van der Waals surface area contributed by atoms with Crippen molar-refractivity contribution < 1.29 is 13.3 Å². The van der Waals surface area contributed by atoms with Gasteiger partial charge in [0.25, 0.3) is 5.69 Å². The molecule has 130 valence electrons. The van der Waals surface area contributed by atoms with E-state index in [1.807, 2.05) is 36.5 Å². The third-order valence-corrected chi connectivity index (χ3v) is 5.79. The van der Waals surface area contributed by atoms with Crippen LogP contribution in [0.15, 0.2) is 41.8 Å². The highest BCUT2D eigenvalue weighted by Gasteiger charge is 2.19. The molecule has 1 aromatic heterocycles. The Balaban J connectivity index is 2.01. The van der Waals surface area contributed by atoms with E-state index in [0.29, 0.717) is 5.56 Å². The molecule has 0 radical (unpaired) electrons. The van der Waals surface area contributed by atoms with Crippen LogP contribution >= 0.6 is 11.3 Å². The molecular weight excluding hydrogens is 350 g/mol. The van der Waals surface area contributed by atoms with E-state index < -0.39 is 14.9 Å². The minimum Gasteiger partial charge on any atom is -0.300 e. The molecule has 9 heteroatoms. The van der Waals surface area contributed by atoms with Gasteiger partial charge in [-0.05, 0) is 31.1 Å². The van der Waals surface area contributed by atoms with Crippen molar-refractivity contribution in [1.82, 2.24) is 9.62 Å². The van der Waals surface area contributed by atoms with E-state index in [2.05, 4.69) is 4.72 Å². The Bertz CT molecular complexity index is 772. The van der Waals surface area contributed by atoms with E-state index in [1.54, 1.807) is 11.3 Å². The summed E-state index contributed by atoms with van der Waals surface area (Å²) in [6, 6.07) is 9.39. The standard InChI is InChI=1S/C15H19N3O4S2/c1-17(2)14(15-4-3-9-23-15)10-16-24(21,22)11-12-5-7-13(8-6-12)18(19)20/h3-9,14,16H,10-11H2,1-2H3. The average molecular weight is 369 g/mol. The molecular formula is C15H19N3O4S2. The Kier molecular flexibility index (Phi) is 6.05. The van der Waals surface area contributed by atoms with Gasteiger partial charge in [-0.3, -0.25) is 10.1 Å². The van der Waals surface area contributed by atoms with E-state index in [9.17, 15) is 18.5 Å². The molecule has 0 spiro atoms. The van der Waals surface area contributed by atoms with Gasteiger partial charge in [0.2, 0.25) is 10.0 Å². The number of nitrogens with zero attached hydrogens (tertiary/aromatic N) is 2. The number of nitrogens with one attached hydrogen (secondary N) is 1. The highest BCUT2D eigenvalue weighted by Crippen LogP contribution is 2.22. The summed E-state index contributed by atoms with van der Waals surface area (Å²) in [6.45, 7) is 0.267. The molecule has 0 amide bonds.